The highest BCUT2D eigenvalue weighted by molar-refractivity contribution is 5.86. The highest BCUT2D eigenvalue weighted by atomic mass is 19.1. The number of hydrogen-bond donors (Lipinski definition) is 4. The van der Waals surface area contributed by atoms with Gasteiger partial charge in [-0.1, -0.05) is 51.3 Å². The summed E-state index contributed by atoms with van der Waals surface area (Å²) in [7, 11) is 0. The second-order valence-corrected chi connectivity index (χ2v) is 13.5. The van der Waals surface area contributed by atoms with E-state index in [-0.39, 0.29) is 32.1 Å². The van der Waals surface area contributed by atoms with Gasteiger partial charge in [0.2, 0.25) is 0 Å². The van der Waals surface area contributed by atoms with Gasteiger partial charge in [-0.3, -0.25) is 0 Å². The Morgan fingerprint density at radius 1 is 0.915 bits per heavy atom. The normalized spacial score (nSPS) is 16.7. The third-order valence-corrected chi connectivity index (χ3v) is 9.74. The average molecular weight is 657 g/mol. The molecule has 0 aromatic heterocycles. The van der Waals surface area contributed by atoms with E-state index in [4.69, 9.17) is 9.47 Å². The molecule has 2 aromatic rings. The van der Waals surface area contributed by atoms with E-state index in [0.29, 0.717) is 54.1 Å². The molecule has 1 aliphatic carbocycles. The molecule has 0 atom stereocenters. The molecular weight excluding hydrogens is 599 g/mol. The van der Waals surface area contributed by atoms with E-state index in [1.54, 1.807) is 13.0 Å². The summed E-state index contributed by atoms with van der Waals surface area (Å²) in [4.78, 5) is 11.9. The Balaban J connectivity index is 1.88. The second kappa shape index (κ2) is 19.9. The number of rotatable bonds is 21. The van der Waals surface area contributed by atoms with Gasteiger partial charge in [0.1, 0.15) is 11.6 Å². The van der Waals surface area contributed by atoms with Crippen molar-refractivity contribution in [2.75, 3.05) is 39.6 Å². The van der Waals surface area contributed by atoms with Crippen LogP contribution in [0.4, 0.5) is 4.39 Å². The van der Waals surface area contributed by atoms with Crippen molar-refractivity contribution in [3.8, 4) is 16.9 Å². The van der Waals surface area contributed by atoms with E-state index >= 15 is 4.39 Å². The zero-order chi connectivity index (χ0) is 34.2. The first-order valence-corrected chi connectivity index (χ1v) is 17.5. The smallest absolute Gasteiger partial charge is 0.333 e. The first-order valence-electron chi connectivity index (χ1n) is 17.5. The van der Waals surface area contributed by atoms with Crippen molar-refractivity contribution in [1.82, 2.24) is 0 Å². The van der Waals surface area contributed by atoms with Crippen molar-refractivity contribution in [2.45, 2.75) is 103 Å². The number of carbonyl (C=O) groups excluding carboxylic acids is 1. The maximum Gasteiger partial charge on any atom is 0.333 e. The lowest BCUT2D eigenvalue weighted by molar-refractivity contribution is -0.139. The summed E-state index contributed by atoms with van der Waals surface area (Å²) in [6, 6.07) is 9.46. The van der Waals surface area contributed by atoms with Gasteiger partial charge in [-0.15, -0.1) is 0 Å². The van der Waals surface area contributed by atoms with Gasteiger partial charge in [0, 0.05) is 23.2 Å². The largest absolute Gasteiger partial charge is 0.493 e. The Labute approximate surface area is 280 Å². The first-order chi connectivity index (χ1) is 22.7. The number of aliphatic hydroxyl groups excluding tert-OH is 4. The molecule has 1 saturated carbocycles. The van der Waals surface area contributed by atoms with Crippen LogP contribution in [0.2, 0.25) is 0 Å². The molecule has 0 radical (unpaired) electrons. The molecule has 4 N–H and O–H groups in total. The lowest BCUT2D eigenvalue weighted by Crippen LogP contribution is -2.35. The van der Waals surface area contributed by atoms with E-state index < -0.39 is 31.2 Å². The highest BCUT2D eigenvalue weighted by Crippen LogP contribution is 2.40. The molecule has 2 aromatic carbocycles. The number of hydrogen-bond acceptors (Lipinski definition) is 7. The van der Waals surface area contributed by atoms with Gasteiger partial charge in [-0.25, -0.2) is 9.18 Å². The lowest BCUT2D eigenvalue weighted by atomic mass is 9.77. The van der Waals surface area contributed by atoms with E-state index in [9.17, 15) is 25.2 Å². The van der Waals surface area contributed by atoms with Crippen LogP contribution in [-0.2, 0) is 22.4 Å². The molecule has 47 heavy (non-hydrogen) atoms. The Bertz CT molecular complexity index is 1260. The number of aryl methyl sites for hydroxylation is 2. The second-order valence-electron chi connectivity index (χ2n) is 13.5. The summed E-state index contributed by atoms with van der Waals surface area (Å²) in [6.45, 7) is 6.54. The van der Waals surface area contributed by atoms with Crippen molar-refractivity contribution in [3.05, 3.63) is 65.0 Å². The monoisotopic (exact) mass is 656 g/mol. The zero-order valence-corrected chi connectivity index (χ0v) is 28.6. The van der Waals surface area contributed by atoms with Crippen LogP contribution in [0.15, 0.2) is 42.5 Å². The van der Waals surface area contributed by atoms with Gasteiger partial charge in [0.15, 0.2) is 0 Å². The Morgan fingerprint density at radius 2 is 1.57 bits per heavy atom. The fourth-order valence-electron chi connectivity index (χ4n) is 6.53. The van der Waals surface area contributed by atoms with Crippen LogP contribution < -0.4 is 4.74 Å². The zero-order valence-electron chi connectivity index (χ0n) is 28.6. The molecule has 8 heteroatoms. The minimum absolute atomic E-state index is 0.0254. The number of unbranched alkanes of at least 4 members (excludes halogenated alkanes) is 2. The Kier molecular flexibility index (Phi) is 16.4. The molecule has 0 unspecified atom stereocenters. The summed E-state index contributed by atoms with van der Waals surface area (Å²) >= 11 is 0. The van der Waals surface area contributed by atoms with Crippen molar-refractivity contribution in [1.29, 1.82) is 0 Å². The Morgan fingerprint density at radius 3 is 2.15 bits per heavy atom. The third kappa shape index (κ3) is 11.4. The molecule has 1 fully saturated rings. The number of esters is 1. The first kappa shape index (κ1) is 38.7. The Hall–Kier alpha value is -2.78. The summed E-state index contributed by atoms with van der Waals surface area (Å²) in [5.74, 6) is 1.02. The molecule has 3 rings (SSSR count). The van der Waals surface area contributed by atoms with E-state index in [2.05, 4.69) is 19.6 Å². The molecule has 0 bridgehead atoms. The van der Waals surface area contributed by atoms with Crippen molar-refractivity contribution >= 4 is 5.97 Å². The van der Waals surface area contributed by atoms with Crippen LogP contribution in [0, 0.1) is 17.2 Å². The summed E-state index contributed by atoms with van der Waals surface area (Å²) in [5.41, 5.74) is 3.10. The molecule has 0 aliphatic heterocycles. The van der Waals surface area contributed by atoms with Crippen molar-refractivity contribution in [2.24, 2.45) is 11.3 Å². The fraction of sp³-hybridized carbons (Fsp3) is 0.615. The van der Waals surface area contributed by atoms with Crippen LogP contribution in [0.5, 0.6) is 5.75 Å². The van der Waals surface area contributed by atoms with Gasteiger partial charge >= 0.3 is 5.97 Å². The van der Waals surface area contributed by atoms with E-state index in [1.807, 2.05) is 18.2 Å². The minimum Gasteiger partial charge on any atom is -0.493 e. The van der Waals surface area contributed by atoms with Gasteiger partial charge in [-0.2, -0.15) is 0 Å². The predicted octanol–water partition coefficient (Wildman–Crippen LogP) is 7.06. The molecule has 0 heterocycles. The van der Waals surface area contributed by atoms with Crippen LogP contribution in [0.1, 0.15) is 107 Å². The quantitative estimate of drug-likeness (QED) is 0.0646. The van der Waals surface area contributed by atoms with Crippen LogP contribution in [0.25, 0.3) is 11.1 Å². The standard InChI is InChI=1S/C39H57FO7/c1-4-5-6-9-29-12-14-30(15-13-29)31-16-17-35(36(40)24-31)34-22-32(10-7-19-41)37(46-21-18-39(25-42,26-43)27-44)33(23-34)11-8-20-47-38(45)28(2)3/h16-17,22-24,29-30,41-44H,2,4-15,18-21,25-27H2,1,3H3. The third-order valence-electron chi connectivity index (χ3n) is 9.74. The van der Waals surface area contributed by atoms with Crippen LogP contribution >= 0.6 is 0 Å². The van der Waals surface area contributed by atoms with Crippen molar-refractivity contribution < 1.29 is 39.1 Å². The topological polar surface area (TPSA) is 116 Å². The number of aliphatic hydroxyl groups is 4. The summed E-state index contributed by atoms with van der Waals surface area (Å²) in [6.07, 6.45) is 11.9. The molecular formula is C39H57FO7. The van der Waals surface area contributed by atoms with Gasteiger partial charge in [0.25, 0.3) is 0 Å². The van der Waals surface area contributed by atoms with Gasteiger partial charge in [-0.05, 0) is 117 Å². The minimum atomic E-state index is -1.08. The fourth-order valence-corrected chi connectivity index (χ4v) is 6.53. The highest BCUT2D eigenvalue weighted by Gasteiger charge is 2.29. The number of halogens is 1. The predicted molar refractivity (Wildman–Crippen MR) is 184 cm³/mol. The van der Waals surface area contributed by atoms with E-state index in [0.717, 1.165) is 35.4 Å². The summed E-state index contributed by atoms with van der Waals surface area (Å²) in [5, 5.41) is 39.0. The number of carbonyl (C=O) groups is 1. The molecule has 1 aliphatic rings. The number of benzene rings is 2. The average Bonchev–Trinajstić information content (AvgIpc) is 3.08. The van der Waals surface area contributed by atoms with Crippen molar-refractivity contribution in [3.63, 3.8) is 0 Å². The lowest BCUT2D eigenvalue weighted by Gasteiger charge is -2.29. The number of ether oxygens (including phenoxy) is 2. The van der Waals surface area contributed by atoms with Crippen LogP contribution in [0.3, 0.4) is 0 Å². The molecule has 262 valence electrons. The summed E-state index contributed by atoms with van der Waals surface area (Å²) < 4.78 is 27.5. The SMILES string of the molecule is C=C(C)C(=O)OCCCc1cc(-c2ccc(C3CCC(CCCCC)CC3)cc2F)cc(CCCO)c1OCCC(CO)(CO)CO. The maximum atomic E-state index is 15.9. The molecule has 0 amide bonds. The molecule has 0 spiro atoms. The van der Waals surface area contributed by atoms with Crippen LogP contribution in [-0.4, -0.2) is 66.0 Å². The van der Waals surface area contributed by atoms with Gasteiger partial charge < -0.3 is 29.9 Å². The van der Waals surface area contributed by atoms with Gasteiger partial charge in [0.05, 0.1) is 33.0 Å². The molecule has 7 nitrogen and oxygen atoms in total. The molecule has 0 saturated heterocycles. The maximum absolute atomic E-state index is 15.9. The van der Waals surface area contributed by atoms with E-state index in [1.165, 1.54) is 38.5 Å².